The van der Waals surface area contributed by atoms with Crippen LogP contribution in [0.3, 0.4) is 0 Å². The molecule has 1 aliphatic rings. The summed E-state index contributed by atoms with van der Waals surface area (Å²) in [6.45, 7) is 5.17. The summed E-state index contributed by atoms with van der Waals surface area (Å²) in [5.74, 6) is 1.04. The maximum atomic E-state index is 12.2. The lowest BCUT2D eigenvalue weighted by atomic mass is 10.2. The average Bonchev–Trinajstić information content (AvgIpc) is 3.23. The lowest BCUT2D eigenvalue weighted by Crippen LogP contribution is -2.53. The van der Waals surface area contributed by atoms with Crippen LogP contribution >= 0.6 is 0 Å². The number of rotatable bonds is 6. The van der Waals surface area contributed by atoms with Crippen molar-refractivity contribution in [1.82, 2.24) is 15.1 Å². The van der Waals surface area contributed by atoms with Crippen molar-refractivity contribution in [2.75, 3.05) is 39.3 Å². The number of nitrogens with one attached hydrogen (secondary N) is 1. The number of hydrogen-bond acceptors (Lipinski definition) is 4. The second-order valence-corrected chi connectivity index (χ2v) is 6.50. The van der Waals surface area contributed by atoms with Crippen molar-refractivity contribution in [2.45, 2.75) is 13.3 Å². The van der Waals surface area contributed by atoms with Gasteiger partial charge < -0.3 is 24.3 Å². The van der Waals surface area contributed by atoms with Crippen molar-refractivity contribution in [3.05, 3.63) is 54.0 Å². The highest BCUT2D eigenvalue weighted by Crippen LogP contribution is 2.12. The van der Waals surface area contributed by atoms with Gasteiger partial charge in [0, 0.05) is 32.7 Å². The van der Waals surface area contributed by atoms with Crippen LogP contribution in [0.5, 0.6) is 5.75 Å². The Balaban J connectivity index is 1.31. The molecule has 0 spiro atoms. The first kappa shape index (κ1) is 18.8. The zero-order valence-corrected chi connectivity index (χ0v) is 15.5. The Morgan fingerprint density at radius 2 is 1.78 bits per heavy atom. The van der Waals surface area contributed by atoms with E-state index in [1.807, 2.05) is 31.2 Å². The zero-order valence-electron chi connectivity index (χ0n) is 15.5. The van der Waals surface area contributed by atoms with Crippen LogP contribution in [0.4, 0.5) is 4.79 Å². The molecule has 7 heteroatoms. The summed E-state index contributed by atoms with van der Waals surface area (Å²) < 4.78 is 10.8. The largest absolute Gasteiger partial charge is 0.494 e. The number of benzene rings is 1. The molecule has 1 aromatic heterocycles. The molecule has 2 aromatic rings. The van der Waals surface area contributed by atoms with Crippen LogP contribution in [0, 0.1) is 6.92 Å². The van der Waals surface area contributed by atoms with Gasteiger partial charge in [0.2, 0.25) is 0 Å². The van der Waals surface area contributed by atoms with Crippen LogP contribution < -0.4 is 10.1 Å². The van der Waals surface area contributed by atoms with E-state index in [9.17, 15) is 9.59 Å². The standard InChI is InChI=1S/C20H25N3O4/c1-16-5-7-17(8-6-16)26-15-3-9-21-20(25)23-12-10-22(11-13-23)19(24)18-4-2-14-27-18/h2,4-8,14H,3,9-13,15H2,1H3,(H,21,25). The Labute approximate surface area is 158 Å². The van der Waals surface area contributed by atoms with Crippen LogP contribution in [0.15, 0.2) is 47.1 Å². The smallest absolute Gasteiger partial charge is 0.317 e. The zero-order chi connectivity index (χ0) is 19.1. The predicted molar refractivity (Wildman–Crippen MR) is 101 cm³/mol. The highest BCUT2D eigenvalue weighted by Gasteiger charge is 2.25. The molecule has 1 aromatic carbocycles. The van der Waals surface area contributed by atoms with Crippen LogP contribution in [0.2, 0.25) is 0 Å². The lowest BCUT2D eigenvalue weighted by molar-refractivity contribution is 0.0634. The van der Waals surface area contributed by atoms with E-state index in [0.29, 0.717) is 45.1 Å². The number of hydrogen-bond donors (Lipinski definition) is 1. The first-order chi connectivity index (χ1) is 13.1. The Kier molecular flexibility index (Phi) is 6.35. The molecule has 0 unspecified atom stereocenters. The summed E-state index contributed by atoms with van der Waals surface area (Å²) in [4.78, 5) is 27.9. The molecular weight excluding hydrogens is 346 g/mol. The molecule has 1 fully saturated rings. The molecule has 0 bridgehead atoms. The van der Waals surface area contributed by atoms with Gasteiger partial charge in [-0.2, -0.15) is 0 Å². The summed E-state index contributed by atoms with van der Waals surface area (Å²) >= 11 is 0. The molecule has 0 aliphatic carbocycles. The molecule has 0 radical (unpaired) electrons. The topological polar surface area (TPSA) is 75.0 Å². The summed E-state index contributed by atoms with van der Waals surface area (Å²) in [5, 5.41) is 2.90. The number of nitrogens with zero attached hydrogens (tertiary/aromatic N) is 2. The van der Waals surface area contributed by atoms with Crippen molar-refractivity contribution in [3.63, 3.8) is 0 Å². The van der Waals surface area contributed by atoms with Gasteiger partial charge in [0.1, 0.15) is 5.75 Å². The number of piperazine rings is 1. The predicted octanol–water partition coefficient (Wildman–Crippen LogP) is 2.52. The number of aryl methyl sites for hydroxylation is 1. The molecule has 1 saturated heterocycles. The van der Waals surface area contributed by atoms with Gasteiger partial charge in [-0.25, -0.2) is 4.79 Å². The molecule has 2 heterocycles. The van der Waals surface area contributed by atoms with Gasteiger partial charge in [-0.3, -0.25) is 4.79 Å². The fraction of sp³-hybridized carbons (Fsp3) is 0.400. The van der Waals surface area contributed by atoms with Crippen molar-refractivity contribution in [3.8, 4) is 5.75 Å². The van der Waals surface area contributed by atoms with Gasteiger partial charge in [-0.1, -0.05) is 17.7 Å². The van der Waals surface area contributed by atoms with Gasteiger partial charge in [-0.15, -0.1) is 0 Å². The summed E-state index contributed by atoms with van der Waals surface area (Å²) in [5.41, 5.74) is 1.19. The van der Waals surface area contributed by atoms with Crippen molar-refractivity contribution in [1.29, 1.82) is 0 Å². The molecule has 7 nitrogen and oxygen atoms in total. The van der Waals surface area contributed by atoms with Gasteiger partial charge in [0.25, 0.3) is 5.91 Å². The minimum absolute atomic E-state index is 0.101. The SMILES string of the molecule is Cc1ccc(OCCCNC(=O)N2CCN(C(=O)c3ccco3)CC2)cc1. The third kappa shape index (κ3) is 5.26. The Hall–Kier alpha value is -2.96. The maximum absolute atomic E-state index is 12.2. The molecular formula is C20H25N3O4. The number of furan rings is 1. The molecule has 3 amide bonds. The Morgan fingerprint density at radius 1 is 1.07 bits per heavy atom. The van der Waals surface area contributed by atoms with E-state index in [2.05, 4.69) is 5.32 Å². The minimum Gasteiger partial charge on any atom is -0.494 e. The van der Waals surface area contributed by atoms with E-state index in [4.69, 9.17) is 9.15 Å². The third-order valence-corrected chi connectivity index (χ3v) is 4.47. The van der Waals surface area contributed by atoms with E-state index in [1.54, 1.807) is 21.9 Å². The fourth-order valence-corrected chi connectivity index (χ4v) is 2.87. The van der Waals surface area contributed by atoms with Crippen molar-refractivity contribution in [2.24, 2.45) is 0 Å². The second kappa shape index (κ2) is 9.12. The molecule has 0 saturated carbocycles. The molecule has 1 aliphatic heterocycles. The molecule has 3 rings (SSSR count). The number of carbonyl (C=O) groups excluding carboxylic acids is 2. The number of ether oxygens (including phenoxy) is 1. The summed E-state index contributed by atoms with van der Waals surface area (Å²) in [7, 11) is 0. The van der Waals surface area contributed by atoms with E-state index in [1.165, 1.54) is 11.8 Å². The fourth-order valence-electron chi connectivity index (χ4n) is 2.87. The quantitative estimate of drug-likeness (QED) is 0.792. The number of carbonyl (C=O) groups is 2. The van der Waals surface area contributed by atoms with E-state index in [-0.39, 0.29) is 11.9 Å². The minimum atomic E-state index is -0.131. The van der Waals surface area contributed by atoms with Gasteiger partial charge in [0.05, 0.1) is 12.9 Å². The molecule has 0 atom stereocenters. The van der Waals surface area contributed by atoms with Crippen LogP contribution in [-0.4, -0.2) is 61.1 Å². The molecule has 27 heavy (non-hydrogen) atoms. The normalized spacial score (nSPS) is 14.1. The Morgan fingerprint density at radius 3 is 2.44 bits per heavy atom. The monoisotopic (exact) mass is 371 g/mol. The highest BCUT2D eigenvalue weighted by molar-refractivity contribution is 5.91. The lowest BCUT2D eigenvalue weighted by Gasteiger charge is -2.34. The van der Waals surface area contributed by atoms with Crippen LogP contribution in [0.25, 0.3) is 0 Å². The summed E-state index contributed by atoms with van der Waals surface area (Å²) in [6, 6.07) is 11.1. The first-order valence-corrected chi connectivity index (χ1v) is 9.18. The van der Waals surface area contributed by atoms with Crippen LogP contribution in [0.1, 0.15) is 22.5 Å². The maximum Gasteiger partial charge on any atom is 0.317 e. The van der Waals surface area contributed by atoms with Gasteiger partial charge in [-0.05, 0) is 37.6 Å². The van der Waals surface area contributed by atoms with Crippen molar-refractivity contribution >= 4 is 11.9 Å². The summed E-state index contributed by atoms with van der Waals surface area (Å²) in [6.07, 6.45) is 2.22. The second-order valence-electron chi connectivity index (χ2n) is 6.50. The first-order valence-electron chi connectivity index (χ1n) is 9.18. The molecule has 144 valence electrons. The number of urea groups is 1. The third-order valence-electron chi connectivity index (χ3n) is 4.47. The average molecular weight is 371 g/mol. The Bertz CT molecular complexity index is 735. The molecule has 1 N–H and O–H groups in total. The van der Waals surface area contributed by atoms with E-state index < -0.39 is 0 Å². The van der Waals surface area contributed by atoms with E-state index >= 15 is 0 Å². The van der Waals surface area contributed by atoms with Gasteiger partial charge in [0.15, 0.2) is 5.76 Å². The van der Waals surface area contributed by atoms with Crippen LogP contribution in [-0.2, 0) is 0 Å². The highest BCUT2D eigenvalue weighted by atomic mass is 16.5. The van der Waals surface area contributed by atoms with Crippen molar-refractivity contribution < 1.29 is 18.7 Å². The van der Waals surface area contributed by atoms with E-state index in [0.717, 1.165) is 12.2 Å². The van der Waals surface area contributed by atoms with Gasteiger partial charge >= 0.3 is 6.03 Å². The number of amides is 3.